The van der Waals surface area contributed by atoms with E-state index in [1.54, 1.807) is 14.0 Å². The van der Waals surface area contributed by atoms with Crippen molar-refractivity contribution in [1.82, 2.24) is 25.2 Å². The maximum atomic E-state index is 11.5. The zero-order valence-electron chi connectivity index (χ0n) is 21.3. The van der Waals surface area contributed by atoms with Gasteiger partial charge in [0.25, 0.3) is 0 Å². The molecule has 2 aromatic carbocycles. The topological polar surface area (TPSA) is 130 Å². The first-order valence-corrected chi connectivity index (χ1v) is 12.4. The molecule has 2 heterocycles. The molecule has 0 unspecified atom stereocenters. The van der Waals surface area contributed by atoms with E-state index in [0.29, 0.717) is 19.6 Å². The number of rotatable bonds is 10. The van der Waals surface area contributed by atoms with Gasteiger partial charge in [0.05, 0.1) is 12.1 Å². The van der Waals surface area contributed by atoms with Gasteiger partial charge in [0.2, 0.25) is 11.9 Å². The van der Waals surface area contributed by atoms with Crippen molar-refractivity contribution < 1.29 is 9.90 Å². The lowest BCUT2D eigenvalue weighted by Gasteiger charge is -2.13. The third-order valence-electron chi connectivity index (χ3n) is 5.67. The number of fused-ring (bicyclic) bond motifs is 3. The summed E-state index contributed by atoms with van der Waals surface area (Å²) < 4.78 is 2.26. The summed E-state index contributed by atoms with van der Waals surface area (Å²) in [6.07, 6.45) is 2.15. The number of hydrogen-bond acceptors (Lipinski definition) is 7. The summed E-state index contributed by atoms with van der Waals surface area (Å²) in [5.74, 6) is 1.01. The van der Waals surface area contributed by atoms with Crippen molar-refractivity contribution in [3.63, 3.8) is 0 Å². The van der Waals surface area contributed by atoms with Crippen LogP contribution in [0.1, 0.15) is 37.8 Å². The van der Waals surface area contributed by atoms with Gasteiger partial charge in [-0.3, -0.25) is 4.79 Å². The Hall–Kier alpha value is -3.69. The first-order chi connectivity index (χ1) is 17.5. The Morgan fingerprint density at radius 1 is 1.08 bits per heavy atom. The Morgan fingerprint density at radius 3 is 2.58 bits per heavy atom. The van der Waals surface area contributed by atoms with E-state index >= 15 is 0 Å². The monoisotopic (exact) mass is 491 g/mol. The molecule has 4 aromatic rings. The van der Waals surface area contributed by atoms with E-state index in [1.165, 1.54) is 0 Å². The molecule has 36 heavy (non-hydrogen) atoms. The Labute approximate surface area is 212 Å². The van der Waals surface area contributed by atoms with Gasteiger partial charge in [0.15, 0.2) is 5.82 Å². The fourth-order valence-corrected chi connectivity index (χ4v) is 4.05. The van der Waals surface area contributed by atoms with Crippen LogP contribution in [0.3, 0.4) is 0 Å². The summed E-state index contributed by atoms with van der Waals surface area (Å²) in [5, 5.41) is 17.9. The van der Waals surface area contributed by atoms with Gasteiger partial charge in [-0.2, -0.15) is 4.98 Å². The zero-order valence-corrected chi connectivity index (χ0v) is 21.3. The van der Waals surface area contributed by atoms with Crippen LogP contribution in [0.4, 0.5) is 11.8 Å². The SMILES string of the molecule is CCCCNc1nc(N)nc2c3ccccc3n(Cc3cccc(CNCC(=O)NC)c3)c12.CCO. The molecular formula is C27H37N7O2. The summed E-state index contributed by atoms with van der Waals surface area (Å²) in [6.45, 7) is 6.51. The van der Waals surface area contributed by atoms with E-state index in [-0.39, 0.29) is 18.5 Å². The first-order valence-electron chi connectivity index (χ1n) is 12.4. The Morgan fingerprint density at radius 2 is 1.83 bits per heavy atom. The minimum absolute atomic E-state index is 0.0289. The molecule has 0 radical (unpaired) electrons. The van der Waals surface area contributed by atoms with Gasteiger partial charge in [0.1, 0.15) is 11.0 Å². The van der Waals surface area contributed by atoms with Crippen molar-refractivity contribution in [3.8, 4) is 0 Å². The molecule has 4 rings (SSSR count). The van der Waals surface area contributed by atoms with E-state index in [9.17, 15) is 4.79 Å². The van der Waals surface area contributed by atoms with E-state index in [4.69, 9.17) is 10.8 Å². The molecular weight excluding hydrogens is 454 g/mol. The zero-order chi connectivity index (χ0) is 25.9. The normalized spacial score (nSPS) is 10.8. The molecule has 2 aromatic heterocycles. The van der Waals surface area contributed by atoms with Crippen LogP contribution in [0.15, 0.2) is 48.5 Å². The molecule has 1 amide bonds. The van der Waals surface area contributed by atoms with E-state index in [0.717, 1.165) is 58.3 Å². The molecule has 192 valence electrons. The van der Waals surface area contributed by atoms with Crippen molar-refractivity contribution in [2.75, 3.05) is 37.8 Å². The lowest BCUT2D eigenvalue weighted by molar-refractivity contribution is -0.119. The highest BCUT2D eigenvalue weighted by atomic mass is 16.2. The summed E-state index contributed by atoms with van der Waals surface area (Å²) in [7, 11) is 1.64. The number of carbonyl (C=O) groups is 1. The maximum absolute atomic E-state index is 11.5. The van der Waals surface area contributed by atoms with Crippen molar-refractivity contribution in [2.24, 2.45) is 0 Å². The summed E-state index contributed by atoms with van der Waals surface area (Å²) in [5.41, 5.74) is 11.3. The van der Waals surface area contributed by atoms with Gasteiger partial charge in [-0.15, -0.1) is 0 Å². The number of amides is 1. The Balaban J connectivity index is 0.00000115. The molecule has 9 nitrogen and oxygen atoms in total. The highest BCUT2D eigenvalue weighted by Gasteiger charge is 2.17. The number of nitrogens with two attached hydrogens (primary N) is 1. The molecule has 0 aliphatic heterocycles. The largest absolute Gasteiger partial charge is 0.397 e. The third-order valence-corrected chi connectivity index (χ3v) is 5.67. The molecule has 0 fully saturated rings. The molecule has 0 saturated carbocycles. The number of nitrogens with zero attached hydrogens (tertiary/aromatic N) is 3. The second-order valence-corrected chi connectivity index (χ2v) is 8.42. The average Bonchev–Trinajstić information content (AvgIpc) is 3.18. The van der Waals surface area contributed by atoms with Crippen LogP contribution in [0.2, 0.25) is 0 Å². The number of aliphatic hydroxyl groups is 1. The lowest BCUT2D eigenvalue weighted by Crippen LogP contribution is -2.30. The average molecular weight is 492 g/mol. The second-order valence-electron chi connectivity index (χ2n) is 8.42. The molecule has 0 saturated heterocycles. The van der Waals surface area contributed by atoms with Crippen molar-refractivity contribution in [2.45, 2.75) is 39.8 Å². The Bertz CT molecular complexity index is 1290. The molecule has 0 aliphatic rings. The van der Waals surface area contributed by atoms with Crippen LogP contribution in [0.25, 0.3) is 21.9 Å². The number of hydrogen-bond donors (Lipinski definition) is 5. The number of aliphatic hydroxyl groups excluding tert-OH is 1. The van der Waals surface area contributed by atoms with E-state index in [1.807, 2.05) is 12.1 Å². The first kappa shape index (κ1) is 26.9. The van der Waals surface area contributed by atoms with Crippen molar-refractivity contribution >= 4 is 39.6 Å². The van der Waals surface area contributed by atoms with Crippen LogP contribution >= 0.6 is 0 Å². The molecule has 0 bridgehead atoms. The van der Waals surface area contributed by atoms with Crippen LogP contribution in [0.5, 0.6) is 0 Å². The van der Waals surface area contributed by atoms with Gasteiger partial charge < -0.3 is 31.4 Å². The minimum atomic E-state index is -0.0289. The Kier molecular flexibility index (Phi) is 10.0. The lowest BCUT2D eigenvalue weighted by atomic mass is 10.1. The standard InChI is InChI=1S/C25H31N7O.C2H6O/c1-3-4-12-29-24-23-22(30-25(26)31-24)19-10-5-6-11-20(19)32(23)16-18-9-7-8-17(13-18)14-28-15-21(33)27-2;1-2-3/h5-11,13,28H,3-4,12,14-16H2,1-2H3,(H,27,33)(H3,26,29,30,31);3H,2H2,1H3. The highest BCUT2D eigenvalue weighted by Crippen LogP contribution is 2.33. The van der Waals surface area contributed by atoms with Crippen LogP contribution < -0.4 is 21.7 Å². The van der Waals surface area contributed by atoms with Gasteiger partial charge in [-0.1, -0.05) is 55.8 Å². The molecule has 9 heteroatoms. The molecule has 0 aliphatic carbocycles. The van der Waals surface area contributed by atoms with Crippen molar-refractivity contribution in [3.05, 3.63) is 59.7 Å². The third kappa shape index (κ3) is 6.71. The van der Waals surface area contributed by atoms with Crippen molar-refractivity contribution in [1.29, 1.82) is 0 Å². The number of nitrogen functional groups attached to an aromatic ring is 1. The summed E-state index contributed by atoms with van der Waals surface area (Å²) in [6, 6.07) is 16.6. The summed E-state index contributed by atoms with van der Waals surface area (Å²) >= 11 is 0. The van der Waals surface area contributed by atoms with Gasteiger partial charge in [-0.05, 0) is 30.5 Å². The number of aromatic nitrogens is 3. The smallest absolute Gasteiger partial charge is 0.233 e. The predicted octanol–water partition coefficient (Wildman–Crippen LogP) is 3.26. The number of likely N-dealkylation sites (N-methyl/N-ethyl adjacent to an activating group) is 1. The summed E-state index contributed by atoms with van der Waals surface area (Å²) in [4.78, 5) is 20.6. The number of carbonyl (C=O) groups excluding carboxylic acids is 1. The number of para-hydroxylation sites is 1. The second kappa shape index (κ2) is 13.4. The number of unbranched alkanes of at least 4 members (excludes halogenated alkanes) is 1. The fraction of sp³-hybridized carbons (Fsp3) is 0.370. The van der Waals surface area contributed by atoms with Crippen LogP contribution in [-0.4, -0.2) is 52.3 Å². The van der Waals surface area contributed by atoms with Gasteiger partial charge in [0, 0.05) is 38.7 Å². The number of benzene rings is 2. The number of anilines is 2. The molecule has 0 spiro atoms. The molecule has 0 atom stereocenters. The predicted molar refractivity (Wildman–Crippen MR) is 147 cm³/mol. The number of nitrogens with one attached hydrogen (secondary N) is 3. The maximum Gasteiger partial charge on any atom is 0.233 e. The van der Waals surface area contributed by atoms with Gasteiger partial charge >= 0.3 is 0 Å². The van der Waals surface area contributed by atoms with E-state index in [2.05, 4.69) is 73.8 Å². The fourth-order valence-electron chi connectivity index (χ4n) is 4.05. The van der Waals surface area contributed by atoms with Crippen LogP contribution in [-0.2, 0) is 17.9 Å². The minimum Gasteiger partial charge on any atom is -0.397 e. The molecule has 6 N–H and O–H groups in total. The van der Waals surface area contributed by atoms with Gasteiger partial charge in [-0.25, -0.2) is 4.98 Å². The highest BCUT2D eigenvalue weighted by molar-refractivity contribution is 6.09. The van der Waals surface area contributed by atoms with E-state index < -0.39 is 0 Å². The van der Waals surface area contributed by atoms with Crippen LogP contribution in [0, 0.1) is 0 Å². The quantitative estimate of drug-likeness (QED) is 0.215.